The van der Waals surface area contributed by atoms with Gasteiger partial charge in [0.15, 0.2) is 10.2 Å². The van der Waals surface area contributed by atoms with Crippen molar-refractivity contribution in [3.63, 3.8) is 0 Å². The second kappa shape index (κ2) is 40.0. The van der Waals surface area contributed by atoms with E-state index in [9.17, 15) is 25.5 Å². The van der Waals surface area contributed by atoms with Crippen molar-refractivity contribution < 1.29 is 76.9 Å². The predicted octanol–water partition coefficient (Wildman–Crippen LogP) is 12.4. The van der Waals surface area contributed by atoms with Gasteiger partial charge in [0, 0.05) is 63.8 Å². The number of benzene rings is 5. The fourth-order valence-electron chi connectivity index (χ4n) is 13.2. The largest absolute Gasteiger partial charge is 1.00 e. The van der Waals surface area contributed by atoms with Crippen molar-refractivity contribution in [3.05, 3.63) is 196 Å². The normalized spacial score (nSPS) is 20.7. The number of thiocyanates is 1. The molecule has 0 amide bonds. The summed E-state index contributed by atoms with van der Waals surface area (Å²) >= 11 is 88.1. The molecule has 14 N–H and O–H groups in total. The predicted molar refractivity (Wildman–Crippen MR) is 462 cm³/mol. The van der Waals surface area contributed by atoms with E-state index < -0.39 is 58.0 Å². The Bertz CT molecular complexity index is 4470. The Morgan fingerprint density at radius 1 is 0.523 bits per heavy atom. The first kappa shape index (κ1) is 97.9. The Kier molecular flexibility index (Phi) is 35.3. The van der Waals surface area contributed by atoms with Gasteiger partial charge in [-0.1, -0.05) is 169 Å². The van der Waals surface area contributed by atoms with Gasteiger partial charge in [0.25, 0.3) is 0 Å². The van der Waals surface area contributed by atoms with E-state index >= 15 is 0 Å². The first-order valence-electron chi connectivity index (χ1n) is 34.7. The number of nitrogens with two attached hydrogens (primary N) is 1. The van der Waals surface area contributed by atoms with Gasteiger partial charge >= 0.3 is 51.4 Å². The van der Waals surface area contributed by atoms with Crippen LogP contribution in [0.2, 0.25) is 25.1 Å². The third-order valence-electron chi connectivity index (χ3n) is 20.5. The summed E-state index contributed by atoms with van der Waals surface area (Å²) in [7, 11) is 0. The van der Waals surface area contributed by atoms with Gasteiger partial charge in [-0.2, -0.15) is 5.01 Å². The molecule has 14 rings (SSSR count). The third-order valence-corrected chi connectivity index (χ3v) is 27.0. The van der Waals surface area contributed by atoms with Crippen LogP contribution in [0.1, 0.15) is 135 Å². The molecule has 5 aliphatic carbocycles. The molecular formula is C75H96Cl10KN15O5S5. The number of H-pyrrole nitrogens is 2. The average molecular weight is 1840 g/mol. The Labute approximate surface area is 770 Å². The molecule has 36 heteroatoms. The number of hydrogen-bond donors (Lipinski definition) is 13. The zero-order valence-corrected chi connectivity index (χ0v) is 75.4. The fraction of sp³-hybridized carbons (Fsp3) is 0.507. The van der Waals surface area contributed by atoms with Crippen LogP contribution in [0.15, 0.2) is 134 Å². The van der Waals surface area contributed by atoms with E-state index in [0.717, 1.165) is 92.0 Å². The van der Waals surface area contributed by atoms with Crippen LogP contribution >= 0.6 is 165 Å². The number of aromatic amines is 2. The zero-order chi connectivity index (χ0) is 79.2. The van der Waals surface area contributed by atoms with Gasteiger partial charge in [-0.25, -0.2) is 20.7 Å². The number of β-amino-alcohol motifs (C(OH)–C–C–N with tert-alkyl or cyclic N) is 2. The molecule has 0 bridgehead atoms. The summed E-state index contributed by atoms with van der Waals surface area (Å²) in [5.41, 5.74) is 7.04. The number of halogens is 10. The molecule has 111 heavy (non-hydrogen) atoms. The van der Waals surface area contributed by atoms with Gasteiger partial charge in [0.1, 0.15) is 52.0 Å². The summed E-state index contributed by atoms with van der Waals surface area (Å²) < 4.78 is 4.08. The Balaban J connectivity index is 0.000000214. The van der Waals surface area contributed by atoms with Crippen LogP contribution < -0.4 is 84.1 Å². The van der Waals surface area contributed by atoms with Crippen molar-refractivity contribution >= 4 is 188 Å². The molecule has 4 heterocycles. The number of alkyl halides is 5. The molecule has 2 saturated heterocycles. The van der Waals surface area contributed by atoms with E-state index in [4.69, 9.17) is 176 Å². The summed E-state index contributed by atoms with van der Waals surface area (Å²) in [5, 5.41) is 84.4. The molecular weight excluding hydrogens is 1740 g/mol. The summed E-state index contributed by atoms with van der Waals surface area (Å²) in [5.74, 6) is 5.33. The Hall–Kier alpha value is -1.91. The molecule has 5 saturated carbocycles. The molecule has 2 aromatic heterocycles. The van der Waals surface area contributed by atoms with Crippen LogP contribution in [0.3, 0.4) is 0 Å². The smallest absolute Gasteiger partial charge is 0.696 e. The van der Waals surface area contributed by atoms with Crippen molar-refractivity contribution in [2.24, 2.45) is 5.84 Å². The van der Waals surface area contributed by atoms with Crippen LogP contribution in [0.5, 0.6) is 0 Å². The number of hydrazine groups is 3. The Morgan fingerprint density at radius 3 is 1.13 bits per heavy atom. The van der Waals surface area contributed by atoms with Gasteiger partial charge in [-0.3, -0.25) is 41.3 Å². The van der Waals surface area contributed by atoms with Gasteiger partial charge in [0.2, 0.25) is 9.54 Å². The number of aromatic nitrogens is 6. The van der Waals surface area contributed by atoms with Crippen molar-refractivity contribution in [1.29, 1.82) is 5.26 Å². The van der Waals surface area contributed by atoms with Crippen LogP contribution in [-0.4, -0.2) is 159 Å². The number of aliphatic hydroxyl groups is 5. The van der Waals surface area contributed by atoms with Gasteiger partial charge in [0.05, 0.1) is 50.5 Å². The SMILES string of the molecule is C.C.CC1(C)NC(=S)N(CC(O)(Cc2ccccc2Cl)C2(Cl)CC2)N1.CC1(C)NC(=S)NN1CC(O)(Cc1ccccc1Cl)C1(Cl)CC1.N#C[S-].NNCC(O)(Cc1ccccc1Cl)C1(Cl)CC1.OC(Cc1ccccc1Cl)(Cn1[nH]cnc1=S)C1(Cl)CC1.OC(Cc1ccccc1Cl)(Cn1cnc(=S)[nH]1)C1(Cl)CC1.[K+]. The van der Waals surface area contributed by atoms with Gasteiger partial charge in [-0.05, 0) is 199 Å². The van der Waals surface area contributed by atoms with Crippen LogP contribution in [0.25, 0.3) is 0 Å². The first-order valence-corrected chi connectivity index (χ1v) is 40.5. The maximum atomic E-state index is 11.4. The molecule has 2 aliphatic heterocycles. The van der Waals surface area contributed by atoms with Crippen molar-refractivity contribution in [2.75, 3.05) is 19.6 Å². The van der Waals surface area contributed by atoms with E-state index in [-0.39, 0.29) is 85.0 Å². The quantitative estimate of drug-likeness (QED) is 0.00482. The number of nitrogens with one attached hydrogen (secondary N) is 7. The van der Waals surface area contributed by atoms with Crippen molar-refractivity contribution in [2.45, 2.75) is 216 Å². The molecule has 7 aromatic rings. The third kappa shape index (κ3) is 25.1. The molecule has 20 nitrogen and oxygen atoms in total. The second-order valence-corrected chi connectivity index (χ2v) is 37.2. The van der Waals surface area contributed by atoms with E-state index in [2.05, 4.69) is 59.7 Å². The number of rotatable bonds is 25. The van der Waals surface area contributed by atoms with E-state index in [0.29, 0.717) is 96.6 Å². The van der Waals surface area contributed by atoms with Crippen LogP contribution in [0.4, 0.5) is 0 Å². The number of hydrogen-bond acceptors (Lipinski definition) is 17. The average Bonchev–Trinajstić information content (AvgIpc) is 1.61. The maximum Gasteiger partial charge on any atom is 1.00 e. The van der Waals surface area contributed by atoms with Crippen molar-refractivity contribution in [1.82, 2.24) is 66.5 Å². The molecule has 602 valence electrons. The van der Waals surface area contributed by atoms with E-state index in [1.165, 1.54) is 11.7 Å². The Morgan fingerprint density at radius 2 is 0.847 bits per heavy atom. The van der Waals surface area contributed by atoms with Gasteiger partial charge < -0.3 is 48.8 Å². The monoisotopic (exact) mass is 1840 g/mol. The van der Waals surface area contributed by atoms with E-state index in [1.54, 1.807) is 26.8 Å². The van der Waals surface area contributed by atoms with Crippen LogP contribution in [-0.2, 0) is 57.8 Å². The zero-order valence-electron chi connectivity index (χ0n) is 60.6. The molecule has 5 atom stereocenters. The molecule has 5 unspecified atom stereocenters. The second-order valence-electron chi connectivity index (χ2n) is 29.8. The number of nitrogens with zero attached hydrogens (tertiary/aromatic N) is 7. The van der Waals surface area contributed by atoms with Gasteiger partial charge in [-0.15, -0.1) is 58.0 Å². The molecule has 0 spiro atoms. The summed E-state index contributed by atoms with van der Waals surface area (Å²) in [4.78, 5) is 4.87. The summed E-state index contributed by atoms with van der Waals surface area (Å²) in [6.45, 7) is 9.44. The number of thiocarbonyl (C=S) groups is 2. The topological polar surface area (TPSA) is 285 Å². The minimum absolute atomic E-state index is 0. The minimum atomic E-state index is -1.13. The molecule has 5 aromatic carbocycles. The fourth-order valence-corrected chi connectivity index (χ4v) is 16.4. The summed E-state index contributed by atoms with van der Waals surface area (Å²) in [6.07, 6.45) is 12.9. The van der Waals surface area contributed by atoms with Crippen molar-refractivity contribution in [3.8, 4) is 5.40 Å². The number of nitriles is 1. The summed E-state index contributed by atoms with van der Waals surface area (Å²) in [6, 6.07) is 37.5. The maximum absolute atomic E-state index is 11.4. The molecule has 7 fully saturated rings. The van der Waals surface area contributed by atoms with E-state index in [1.807, 2.05) is 148 Å². The standard InChI is InChI=1S/2C16H21Cl2N3OS.2C14H15Cl2N3OS.C12H16Cl2N2O.CHNS.2CH4.K/c1-14(2)19-13(23)21(20-14)10-16(22,15(18)7-8-15)9-11-5-3-4-6-12(11)17;1-14(2)19-13(23)20-21(14)10-16(22,15(18)7-8-15)9-11-5-3-4-6-12(11)17;15-11-4-2-1-3-10(11)7-14(20,13(16)5-6-13)8-19-9-17-12(21)18-19;15-11-4-2-1-3-10(11)7-14(20,13(16)5-6-13)8-19-12(21)17-9-18-19;13-10-4-2-1-3-9(10)7-12(17,8-16-15)11(14)5-6-11;2-1-3;;;/h3-6,20,22H,7-10H2,1-2H3,(H,19,23);3-6,22H,7-10H2,1-2H3,(H2,19,20,23);1-4,9,20H,5-8H2,(H,18,21);1-4,9,20H,5-8H2,(H,17,18,21);1-4,16-17H,5-8,15H2;3H;2*1H4;/q;;;;;;;;+1/p-1. The van der Waals surface area contributed by atoms with Crippen LogP contribution in [0, 0.1) is 20.2 Å². The molecule has 0 radical (unpaired) electrons. The molecule has 7 aliphatic rings. The first-order chi connectivity index (χ1) is 50.6. The minimum Gasteiger partial charge on any atom is -0.696 e.